The van der Waals surface area contributed by atoms with Gasteiger partial charge in [0.2, 0.25) is 11.9 Å². The van der Waals surface area contributed by atoms with Gasteiger partial charge in [0, 0.05) is 19.0 Å². The number of fused-ring (bicyclic) bond motifs is 1. The number of hydrogen-bond donors (Lipinski definition) is 1. The molecule has 2 heterocycles. The Morgan fingerprint density at radius 3 is 2.41 bits per heavy atom. The molecule has 0 saturated carbocycles. The predicted octanol–water partition coefficient (Wildman–Crippen LogP) is 5.32. The first-order valence-corrected chi connectivity index (χ1v) is 11.9. The standard InChI is InChI=1S/C28H29FN4O/c1-20(22-7-3-2-4-8-22)30-27(34)23-15-17-32(18-16-23)28-31-25-9-5-6-10-26(25)33(28)19-21-11-13-24(29)14-12-21/h2-14,20,23H,15-19H2,1H3,(H,30,34)/t20-/m1/s1. The fourth-order valence-corrected chi connectivity index (χ4v) is 4.73. The molecule has 5 nitrogen and oxygen atoms in total. The maximum Gasteiger partial charge on any atom is 0.223 e. The van der Waals surface area contributed by atoms with Crippen molar-refractivity contribution in [2.45, 2.75) is 32.4 Å². The van der Waals surface area contributed by atoms with E-state index in [1.54, 1.807) is 0 Å². The highest BCUT2D eigenvalue weighted by Crippen LogP contribution is 2.28. The molecule has 6 heteroatoms. The van der Waals surface area contributed by atoms with Crippen molar-refractivity contribution in [2.75, 3.05) is 18.0 Å². The number of nitrogens with zero attached hydrogens (tertiary/aromatic N) is 3. The van der Waals surface area contributed by atoms with Crippen LogP contribution in [0.3, 0.4) is 0 Å². The van der Waals surface area contributed by atoms with Crippen LogP contribution in [0.1, 0.15) is 36.9 Å². The van der Waals surface area contributed by atoms with E-state index in [1.807, 2.05) is 67.6 Å². The number of nitrogens with one attached hydrogen (secondary N) is 1. The van der Waals surface area contributed by atoms with E-state index in [9.17, 15) is 9.18 Å². The first kappa shape index (κ1) is 22.1. The van der Waals surface area contributed by atoms with E-state index >= 15 is 0 Å². The van der Waals surface area contributed by atoms with Gasteiger partial charge in [0.05, 0.1) is 23.6 Å². The highest BCUT2D eigenvalue weighted by Gasteiger charge is 2.28. The minimum absolute atomic E-state index is 0.00246. The van der Waals surface area contributed by atoms with Gasteiger partial charge in [-0.15, -0.1) is 0 Å². The van der Waals surface area contributed by atoms with Gasteiger partial charge in [0.1, 0.15) is 5.82 Å². The van der Waals surface area contributed by atoms with Crippen LogP contribution in [0.4, 0.5) is 10.3 Å². The molecule has 0 aliphatic carbocycles. The molecule has 1 amide bonds. The van der Waals surface area contributed by atoms with Crippen LogP contribution in [0.5, 0.6) is 0 Å². The molecule has 1 fully saturated rings. The number of amides is 1. The summed E-state index contributed by atoms with van der Waals surface area (Å²) in [5, 5.41) is 3.18. The van der Waals surface area contributed by atoms with Crippen molar-refractivity contribution in [2.24, 2.45) is 5.92 Å². The molecule has 1 aliphatic rings. The molecule has 1 aromatic heterocycles. The molecule has 5 rings (SSSR count). The number of carbonyl (C=O) groups is 1. The Morgan fingerprint density at radius 2 is 1.68 bits per heavy atom. The van der Waals surface area contributed by atoms with Crippen molar-refractivity contribution < 1.29 is 9.18 Å². The van der Waals surface area contributed by atoms with Crippen molar-refractivity contribution in [1.82, 2.24) is 14.9 Å². The molecule has 4 aromatic rings. The lowest BCUT2D eigenvalue weighted by molar-refractivity contribution is -0.126. The first-order valence-electron chi connectivity index (χ1n) is 11.9. The van der Waals surface area contributed by atoms with Crippen molar-refractivity contribution in [3.05, 3.63) is 95.8 Å². The molecule has 1 N–H and O–H groups in total. The molecule has 0 spiro atoms. The third-order valence-electron chi connectivity index (χ3n) is 6.70. The average molecular weight is 457 g/mol. The lowest BCUT2D eigenvalue weighted by Crippen LogP contribution is -2.42. The van der Waals surface area contributed by atoms with E-state index in [2.05, 4.69) is 20.9 Å². The summed E-state index contributed by atoms with van der Waals surface area (Å²) in [6.07, 6.45) is 1.57. The molecular formula is C28H29FN4O. The quantitative estimate of drug-likeness (QED) is 0.427. The van der Waals surface area contributed by atoms with Gasteiger partial charge < -0.3 is 14.8 Å². The number of piperidine rings is 1. The molecule has 1 aliphatic heterocycles. The zero-order valence-corrected chi connectivity index (χ0v) is 19.3. The number of halogens is 1. The third-order valence-corrected chi connectivity index (χ3v) is 6.70. The molecule has 3 aromatic carbocycles. The Bertz CT molecular complexity index is 1260. The SMILES string of the molecule is C[C@@H](NC(=O)C1CCN(c2nc3ccccc3n2Cc2ccc(F)cc2)CC1)c1ccccc1. The average Bonchev–Trinajstić information content (AvgIpc) is 3.24. The van der Waals surface area contributed by atoms with Crippen LogP contribution >= 0.6 is 0 Å². The summed E-state index contributed by atoms with van der Waals surface area (Å²) in [7, 11) is 0. The van der Waals surface area contributed by atoms with Crippen LogP contribution < -0.4 is 10.2 Å². The second kappa shape index (κ2) is 9.67. The minimum atomic E-state index is -0.235. The number of anilines is 1. The van der Waals surface area contributed by atoms with Gasteiger partial charge in [-0.2, -0.15) is 0 Å². The van der Waals surface area contributed by atoms with E-state index in [-0.39, 0.29) is 23.7 Å². The van der Waals surface area contributed by atoms with E-state index in [4.69, 9.17) is 4.98 Å². The number of carbonyl (C=O) groups excluding carboxylic acids is 1. The van der Waals surface area contributed by atoms with E-state index in [1.165, 1.54) is 12.1 Å². The Kier molecular flexibility index (Phi) is 6.30. The fourth-order valence-electron chi connectivity index (χ4n) is 4.73. The number of aromatic nitrogens is 2. The summed E-state index contributed by atoms with van der Waals surface area (Å²) in [5.74, 6) is 0.789. The van der Waals surface area contributed by atoms with Gasteiger partial charge in [-0.25, -0.2) is 9.37 Å². The molecule has 0 unspecified atom stereocenters. The molecule has 174 valence electrons. The second-order valence-electron chi connectivity index (χ2n) is 9.02. The normalized spacial score (nSPS) is 15.4. The molecule has 0 radical (unpaired) electrons. The van der Waals surface area contributed by atoms with Crippen molar-refractivity contribution in [1.29, 1.82) is 0 Å². The maximum atomic E-state index is 13.4. The summed E-state index contributed by atoms with van der Waals surface area (Å²) in [6, 6.07) is 24.8. The Hall–Kier alpha value is -3.67. The summed E-state index contributed by atoms with van der Waals surface area (Å²) < 4.78 is 15.6. The van der Waals surface area contributed by atoms with Crippen molar-refractivity contribution >= 4 is 22.9 Å². The van der Waals surface area contributed by atoms with Crippen LogP contribution in [0.25, 0.3) is 11.0 Å². The lowest BCUT2D eigenvalue weighted by Gasteiger charge is -2.33. The highest BCUT2D eigenvalue weighted by atomic mass is 19.1. The number of hydrogen-bond acceptors (Lipinski definition) is 3. The van der Waals surface area contributed by atoms with Gasteiger partial charge in [-0.1, -0.05) is 54.6 Å². The monoisotopic (exact) mass is 456 g/mol. The van der Waals surface area contributed by atoms with Crippen LogP contribution in [0.2, 0.25) is 0 Å². The smallest absolute Gasteiger partial charge is 0.223 e. The Morgan fingerprint density at radius 1 is 1.00 bits per heavy atom. The van der Waals surface area contributed by atoms with Crippen LogP contribution in [0, 0.1) is 11.7 Å². The second-order valence-corrected chi connectivity index (χ2v) is 9.02. The first-order chi connectivity index (χ1) is 16.6. The Labute approximate surface area is 199 Å². The highest BCUT2D eigenvalue weighted by molar-refractivity contribution is 5.80. The summed E-state index contributed by atoms with van der Waals surface area (Å²) >= 11 is 0. The fraction of sp³-hybridized carbons (Fsp3) is 0.286. The van der Waals surface area contributed by atoms with Gasteiger partial charge in [0.15, 0.2) is 0 Å². The molecule has 34 heavy (non-hydrogen) atoms. The molecular weight excluding hydrogens is 427 g/mol. The van der Waals surface area contributed by atoms with Gasteiger partial charge in [-0.3, -0.25) is 4.79 Å². The summed E-state index contributed by atoms with van der Waals surface area (Å²) in [6.45, 7) is 4.18. The van der Waals surface area contributed by atoms with E-state index in [0.29, 0.717) is 6.54 Å². The van der Waals surface area contributed by atoms with Crippen LogP contribution in [-0.4, -0.2) is 28.5 Å². The van der Waals surface area contributed by atoms with Gasteiger partial charge in [-0.05, 0) is 55.2 Å². The number of para-hydroxylation sites is 2. The zero-order valence-electron chi connectivity index (χ0n) is 19.3. The van der Waals surface area contributed by atoms with Gasteiger partial charge in [0.25, 0.3) is 0 Å². The number of benzene rings is 3. The Balaban J connectivity index is 1.30. The summed E-state index contributed by atoms with van der Waals surface area (Å²) in [5.41, 5.74) is 4.13. The summed E-state index contributed by atoms with van der Waals surface area (Å²) in [4.78, 5) is 20.1. The number of rotatable bonds is 6. The largest absolute Gasteiger partial charge is 0.349 e. The third kappa shape index (κ3) is 4.67. The van der Waals surface area contributed by atoms with Crippen molar-refractivity contribution in [3.63, 3.8) is 0 Å². The zero-order chi connectivity index (χ0) is 23.5. The van der Waals surface area contributed by atoms with Crippen molar-refractivity contribution in [3.8, 4) is 0 Å². The van der Waals surface area contributed by atoms with E-state index in [0.717, 1.165) is 54.0 Å². The van der Waals surface area contributed by atoms with E-state index < -0.39 is 0 Å². The molecule has 0 bridgehead atoms. The lowest BCUT2D eigenvalue weighted by atomic mass is 9.95. The predicted molar refractivity (Wildman–Crippen MR) is 133 cm³/mol. The maximum absolute atomic E-state index is 13.4. The van der Waals surface area contributed by atoms with Crippen LogP contribution in [0.15, 0.2) is 78.9 Å². The van der Waals surface area contributed by atoms with Gasteiger partial charge >= 0.3 is 0 Å². The minimum Gasteiger partial charge on any atom is -0.349 e. The molecule has 1 saturated heterocycles. The topological polar surface area (TPSA) is 50.2 Å². The molecule has 1 atom stereocenters. The number of imidazole rings is 1. The van der Waals surface area contributed by atoms with Crippen LogP contribution in [-0.2, 0) is 11.3 Å².